The predicted molar refractivity (Wildman–Crippen MR) is 134 cm³/mol. The van der Waals surface area contributed by atoms with E-state index in [4.69, 9.17) is 25.7 Å². The van der Waals surface area contributed by atoms with Crippen molar-refractivity contribution in [2.75, 3.05) is 19.8 Å². The Hall–Kier alpha value is -2.56. The van der Waals surface area contributed by atoms with Crippen LogP contribution in [0.5, 0.6) is 0 Å². The molecule has 2 amide bonds. The largest absolute Gasteiger partial charge is 0.480 e. The number of carboxylic acid groups (broad SMARTS) is 1. The number of amides is 2. The number of carbonyl (C=O) groups excluding carboxylic acids is 3. The molecule has 2 heterocycles. The molecule has 0 radical (unpaired) electrons. The smallest absolute Gasteiger partial charge is 0.331 e. The second kappa shape index (κ2) is 14.8. The van der Waals surface area contributed by atoms with Gasteiger partial charge in [-0.2, -0.15) is 0 Å². The average molecular weight is 613 g/mol. The van der Waals surface area contributed by atoms with E-state index in [1.807, 2.05) is 0 Å². The van der Waals surface area contributed by atoms with Gasteiger partial charge in [0.1, 0.15) is 43.2 Å². The van der Waals surface area contributed by atoms with E-state index in [0.29, 0.717) is 9.80 Å². The van der Waals surface area contributed by atoms with Crippen LogP contribution in [-0.4, -0.2) is 174 Å². The molecular formula is C23H40N4O15. The van der Waals surface area contributed by atoms with Crippen molar-refractivity contribution in [3.63, 3.8) is 0 Å². The topological polar surface area (TPSA) is 316 Å². The predicted octanol–water partition coefficient (Wildman–Crippen LogP) is -7.04. The summed E-state index contributed by atoms with van der Waals surface area (Å²) in [6.45, 7) is 0.223. The quantitative estimate of drug-likeness (QED) is 0.0969. The van der Waals surface area contributed by atoms with E-state index in [9.17, 15) is 60.0 Å². The minimum absolute atomic E-state index is 0.530. The number of aliphatic hydroxyl groups is 7. The van der Waals surface area contributed by atoms with Gasteiger partial charge in [0.05, 0.1) is 31.4 Å². The molecule has 13 atom stereocenters. The maximum atomic E-state index is 13.2. The first-order valence-corrected chi connectivity index (χ1v) is 12.9. The van der Waals surface area contributed by atoms with Gasteiger partial charge in [0, 0.05) is 13.8 Å². The van der Waals surface area contributed by atoms with Crippen LogP contribution in [0.1, 0.15) is 20.8 Å². The Morgan fingerprint density at radius 3 is 1.55 bits per heavy atom. The number of nitrogens with two attached hydrogens (primary N) is 2. The Balaban J connectivity index is 2.37. The van der Waals surface area contributed by atoms with Crippen LogP contribution in [0.2, 0.25) is 0 Å². The molecule has 0 saturated carbocycles. The van der Waals surface area contributed by atoms with Gasteiger partial charge in [-0.1, -0.05) is 0 Å². The number of aliphatic hydroxyl groups excluding tert-OH is 7. The number of ether oxygens (including phenoxy) is 3. The lowest BCUT2D eigenvalue weighted by molar-refractivity contribution is -0.238. The maximum absolute atomic E-state index is 13.2. The summed E-state index contributed by atoms with van der Waals surface area (Å²) in [5.74, 6) is -5.03. The van der Waals surface area contributed by atoms with Crippen LogP contribution in [0.3, 0.4) is 0 Å². The van der Waals surface area contributed by atoms with E-state index in [2.05, 4.69) is 0 Å². The van der Waals surface area contributed by atoms with Gasteiger partial charge < -0.3 is 66.5 Å². The van der Waals surface area contributed by atoms with E-state index in [1.165, 1.54) is 0 Å². The molecule has 2 aliphatic heterocycles. The summed E-state index contributed by atoms with van der Waals surface area (Å²) in [6.07, 6.45) is -14.8. The number of hydrogen-bond donors (Lipinski definition) is 10. The van der Waals surface area contributed by atoms with Crippen molar-refractivity contribution in [2.24, 2.45) is 11.5 Å². The van der Waals surface area contributed by atoms with Gasteiger partial charge in [-0.25, -0.2) is 9.59 Å². The first kappa shape index (κ1) is 35.6. The molecule has 242 valence electrons. The van der Waals surface area contributed by atoms with E-state index < -0.39 is 123 Å². The molecule has 0 aromatic carbocycles. The number of carbonyl (C=O) groups is 4. The molecule has 0 bridgehead atoms. The lowest BCUT2D eigenvalue weighted by atomic mass is 9.95. The fourth-order valence-electron chi connectivity index (χ4n) is 4.91. The van der Waals surface area contributed by atoms with Crippen molar-refractivity contribution in [3.05, 3.63) is 0 Å². The molecule has 2 saturated heterocycles. The Kier molecular flexibility index (Phi) is 12.5. The Bertz CT molecular complexity index is 968. The summed E-state index contributed by atoms with van der Waals surface area (Å²) in [6, 6.07) is -7.04. The Morgan fingerprint density at radius 1 is 0.810 bits per heavy atom. The van der Waals surface area contributed by atoms with Gasteiger partial charge >= 0.3 is 11.9 Å². The van der Waals surface area contributed by atoms with Crippen LogP contribution >= 0.6 is 0 Å². The highest BCUT2D eigenvalue weighted by molar-refractivity contribution is 5.85. The number of carboxylic acids is 1. The summed E-state index contributed by atoms with van der Waals surface area (Å²) in [5.41, 5.74) is 11.8. The van der Waals surface area contributed by atoms with Crippen molar-refractivity contribution in [1.82, 2.24) is 9.80 Å². The molecule has 19 nitrogen and oxygen atoms in total. The summed E-state index contributed by atoms with van der Waals surface area (Å²) in [7, 11) is 0. The monoisotopic (exact) mass is 612 g/mol. The first-order chi connectivity index (χ1) is 19.5. The fourth-order valence-corrected chi connectivity index (χ4v) is 4.91. The van der Waals surface area contributed by atoms with E-state index >= 15 is 0 Å². The van der Waals surface area contributed by atoms with Gasteiger partial charge in [0.15, 0.2) is 24.5 Å². The molecule has 0 spiro atoms. The molecule has 0 aromatic heterocycles. The van der Waals surface area contributed by atoms with Crippen LogP contribution in [0, 0.1) is 0 Å². The highest BCUT2D eigenvalue weighted by Gasteiger charge is 2.51. The standard InChI is InChI=1S/C23H40N4O15/c1-7(30)15(27(9(3)32)21-14(25)19(36)17(34)12(5-29)42-21)23(39)40-6-10(22(37)38)26(8(2)31)20-13(24)18(35)16(33)11(4-28)41-20/h7,10-21,28-30,33-36H,4-6,24-25H2,1-3H3,(H,37,38)/t7-,10+,11-,12-,13-,14-,15+,16-,17-,18-,19-,20?,21?/m1/s1. The minimum Gasteiger partial charge on any atom is -0.480 e. The molecule has 42 heavy (non-hydrogen) atoms. The van der Waals surface area contributed by atoms with Gasteiger partial charge in [-0.3, -0.25) is 19.4 Å². The average Bonchev–Trinajstić information content (AvgIpc) is 2.91. The van der Waals surface area contributed by atoms with Crippen molar-refractivity contribution in [3.8, 4) is 0 Å². The van der Waals surface area contributed by atoms with Crippen LogP contribution in [0.4, 0.5) is 0 Å². The van der Waals surface area contributed by atoms with Crippen molar-refractivity contribution in [1.29, 1.82) is 0 Å². The summed E-state index contributed by atoms with van der Waals surface area (Å²) in [5, 5.41) is 80.0. The molecule has 2 aliphatic rings. The fraction of sp³-hybridized carbons (Fsp3) is 0.826. The third-order valence-electron chi connectivity index (χ3n) is 7.18. The molecule has 2 unspecified atom stereocenters. The van der Waals surface area contributed by atoms with Crippen molar-refractivity contribution in [2.45, 2.75) is 100 Å². The van der Waals surface area contributed by atoms with Crippen LogP contribution in [0.25, 0.3) is 0 Å². The zero-order valence-corrected chi connectivity index (χ0v) is 23.1. The van der Waals surface area contributed by atoms with Crippen molar-refractivity contribution < 1.29 is 74.2 Å². The highest BCUT2D eigenvalue weighted by Crippen LogP contribution is 2.27. The van der Waals surface area contributed by atoms with Crippen LogP contribution in [0.15, 0.2) is 0 Å². The van der Waals surface area contributed by atoms with E-state index in [0.717, 1.165) is 20.8 Å². The minimum atomic E-state index is -2.02. The van der Waals surface area contributed by atoms with Gasteiger partial charge in [-0.15, -0.1) is 0 Å². The van der Waals surface area contributed by atoms with Gasteiger partial charge in [-0.05, 0) is 6.92 Å². The second-order valence-corrected chi connectivity index (χ2v) is 10.1. The molecule has 12 N–H and O–H groups in total. The van der Waals surface area contributed by atoms with E-state index in [1.54, 1.807) is 0 Å². The first-order valence-electron chi connectivity index (χ1n) is 12.9. The number of nitrogens with zero attached hydrogens (tertiary/aromatic N) is 2. The molecule has 19 heteroatoms. The second-order valence-electron chi connectivity index (χ2n) is 10.1. The number of hydrogen-bond acceptors (Lipinski definition) is 16. The molecule has 2 rings (SSSR count). The lowest BCUT2D eigenvalue weighted by Gasteiger charge is -2.47. The molecule has 0 aliphatic carbocycles. The number of esters is 1. The third-order valence-corrected chi connectivity index (χ3v) is 7.18. The lowest BCUT2D eigenvalue weighted by Crippen LogP contribution is -2.70. The van der Waals surface area contributed by atoms with Crippen molar-refractivity contribution >= 4 is 23.8 Å². The zero-order valence-electron chi connectivity index (χ0n) is 23.1. The highest BCUT2D eigenvalue weighted by atomic mass is 16.6. The summed E-state index contributed by atoms with van der Waals surface area (Å²) in [4.78, 5) is 51.8. The molecule has 0 aromatic rings. The van der Waals surface area contributed by atoms with Gasteiger partial charge in [0.25, 0.3) is 0 Å². The summed E-state index contributed by atoms with van der Waals surface area (Å²) < 4.78 is 16.0. The van der Waals surface area contributed by atoms with Crippen LogP contribution in [-0.2, 0) is 33.4 Å². The molecular weight excluding hydrogens is 572 g/mol. The SMILES string of the molecule is CC(=O)N(C1O[C@H](CO)[C@@H](O)[C@H](O)[C@H]1N)[C@H](C(=O)OC[C@@H](C(=O)O)N(C(C)=O)C1O[C@H](CO)[C@@H](O)[C@H](O)[C@H]1N)[C@@H](C)O. The summed E-state index contributed by atoms with van der Waals surface area (Å²) >= 11 is 0. The van der Waals surface area contributed by atoms with E-state index in [-0.39, 0.29) is 0 Å². The normalized spacial score (nSPS) is 35.4. The Labute approximate surface area is 239 Å². The van der Waals surface area contributed by atoms with Crippen LogP contribution < -0.4 is 11.5 Å². The third kappa shape index (κ3) is 7.32. The van der Waals surface area contributed by atoms with Gasteiger partial charge in [0.2, 0.25) is 11.8 Å². The number of aliphatic carboxylic acids is 1. The Morgan fingerprint density at radius 2 is 1.21 bits per heavy atom. The maximum Gasteiger partial charge on any atom is 0.331 e. The zero-order chi connectivity index (χ0) is 32.2. The number of rotatable bonds is 11. The molecule has 2 fully saturated rings.